The molecule has 10 nitrogen and oxygen atoms in total. The summed E-state index contributed by atoms with van der Waals surface area (Å²) in [5, 5.41) is 22.4. The molecule has 0 rings (SSSR count). The Morgan fingerprint density at radius 2 is 1.21 bits per heavy atom. The number of aliphatic carboxylic acids is 1. The fourth-order valence-corrected chi connectivity index (χ4v) is 3.74. The number of carbonyl (C=O) groups is 3. The van der Waals surface area contributed by atoms with Gasteiger partial charge >= 0.3 is 18.2 Å². The van der Waals surface area contributed by atoms with Crippen LogP contribution in [0.15, 0.2) is 0 Å². The molecule has 0 saturated carbocycles. The topological polar surface area (TPSA) is 160 Å². The number of carbonyl (C=O) groups excluding carboxylic acids is 2. The van der Waals surface area contributed by atoms with Crippen molar-refractivity contribution in [1.82, 2.24) is 10.6 Å². The van der Waals surface area contributed by atoms with Gasteiger partial charge in [0, 0.05) is 6.54 Å². The summed E-state index contributed by atoms with van der Waals surface area (Å²) in [6, 6.07) is -1.39. The SMILES string of the molecule is CC(C)[C@H](N)C(=O)O.CCCCCCCCCCCCCCCCCCNC(=O)OCC(CO)NC(=O)OC. The molecule has 39 heavy (non-hydrogen) atoms. The molecule has 0 heterocycles. The molecular weight excluding hydrogens is 502 g/mol. The predicted octanol–water partition coefficient (Wildman–Crippen LogP) is 5.75. The van der Waals surface area contributed by atoms with Crippen LogP contribution in [0.1, 0.15) is 124 Å². The minimum absolute atomic E-state index is 0.0208. The third-order valence-electron chi connectivity index (χ3n) is 6.45. The van der Waals surface area contributed by atoms with Crippen LogP contribution in [0.5, 0.6) is 0 Å². The molecule has 0 aromatic rings. The van der Waals surface area contributed by atoms with Gasteiger partial charge in [-0.2, -0.15) is 0 Å². The lowest BCUT2D eigenvalue weighted by molar-refractivity contribution is -0.139. The lowest BCUT2D eigenvalue weighted by atomic mass is 10.0. The molecule has 0 aliphatic rings. The number of unbranched alkanes of at least 4 members (excludes halogenated alkanes) is 15. The minimum atomic E-state index is -0.931. The Kier molecular flexibility index (Phi) is 29.0. The van der Waals surface area contributed by atoms with Crippen molar-refractivity contribution >= 4 is 18.2 Å². The third kappa shape index (κ3) is 28.8. The molecule has 0 aromatic heterocycles. The molecule has 0 saturated heterocycles. The molecular formula is C29H59N3O7. The average molecular weight is 562 g/mol. The van der Waals surface area contributed by atoms with E-state index in [2.05, 4.69) is 22.3 Å². The molecule has 0 aromatic carbocycles. The molecule has 2 amide bonds. The van der Waals surface area contributed by atoms with Crippen molar-refractivity contribution in [2.24, 2.45) is 11.7 Å². The summed E-state index contributed by atoms with van der Waals surface area (Å²) in [4.78, 5) is 32.7. The number of alkyl carbamates (subject to hydrolysis) is 2. The van der Waals surface area contributed by atoms with Gasteiger partial charge in [0.2, 0.25) is 0 Å². The maximum atomic E-state index is 11.6. The molecule has 0 fully saturated rings. The number of nitrogens with one attached hydrogen (secondary N) is 2. The van der Waals surface area contributed by atoms with E-state index in [1.165, 1.54) is 97.0 Å². The maximum absolute atomic E-state index is 11.6. The number of ether oxygens (including phenoxy) is 2. The van der Waals surface area contributed by atoms with Gasteiger partial charge in [-0.3, -0.25) is 4.79 Å². The molecule has 6 N–H and O–H groups in total. The summed E-state index contributed by atoms with van der Waals surface area (Å²) < 4.78 is 9.43. The lowest BCUT2D eigenvalue weighted by Crippen LogP contribution is -2.42. The molecule has 2 atom stereocenters. The van der Waals surface area contributed by atoms with E-state index in [1.54, 1.807) is 13.8 Å². The summed E-state index contributed by atoms with van der Waals surface area (Å²) in [6.45, 7) is 5.96. The molecule has 0 bridgehead atoms. The first-order valence-corrected chi connectivity index (χ1v) is 15.0. The fourth-order valence-electron chi connectivity index (χ4n) is 3.74. The number of carboxylic acid groups (broad SMARTS) is 1. The number of hydrogen-bond acceptors (Lipinski definition) is 7. The van der Waals surface area contributed by atoms with Crippen LogP contribution in [-0.2, 0) is 14.3 Å². The Morgan fingerprint density at radius 1 is 0.769 bits per heavy atom. The van der Waals surface area contributed by atoms with Gasteiger partial charge < -0.3 is 36.1 Å². The quantitative estimate of drug-likeness (QED) is 0.0986. The van der Waals surface area contributed by atoms with Gasteiger partial charge in [-0.05, 0) is 12.3 Å². The summed E-state index contributed by atoms with van der Waals surface area (Å²) in [7, 11) is 1.23. The van der Waals surface area contributed by atoms with Gasteiger partial charge in [0.25, 0.3) is 0 Å². The van der Waals surface area contributed by atoms with E-state index in [4.69, 9.17) is 20.7 Å². The zero-order chi connectivity index (χ0) is 29.7. The van der Waals surface area contributed by atoms with E-state index in [-0.39, 0.29) is 19.1 Å². The second-order valence-electron chi connectivity index (χ2n) is 10.5. The Morgan fingerprint density at radius 3 is 1.54 bits per heavy atom. The first-order valence-electron chi connectivity index (χ1n) is 15.0. The van der Waals surface area contributed by atoms with Crippen molar-refractivity contribution in [3.05, 3.63) is 0 Å². The second-order valence-corrected chi connectivity index (χ2v) is 10.5. The smallest absolute Gasteiger partial charge is 0.407 e. The fraction of sp³-hybridized carbons (Fsp3) is 0.897. The van der Waals surface area contributed by atoms with Crippen LogP contribution in [0.25, 0.3) is 0 Å². The van der Waals surface area contributed by atoms with E-state index < -0.39 is 30.2 Å². The normalized spacial score (nSPS) is 12.2. The van der Waals surface area contributed by atoms with Gasteiger partial charge in [-0.15, -0.1) is 0 Å². The summed E-state index contributed by atoms with van der Waals surface area (Å²) >= 11 is 0. The van der Waals surface area contributed by atoms with Crippen LogP contribution in [0, 0.1) is 5.92 Å². The molecule has 10 heteroatoms. The Hall–Kier alpha value is -2.07. The van der Waals surface area contributed by atoms with Crippen LogP contribution in [0.3, 0.4) is 0 Å². The van der Waals surface area contributed by atoms with Crippen molar-refractivity contribution in [1.29, 1.82) is 0 Å². The monoisotopic (exact) mass is 561 g/mol. The van der Waals surface area contributed by atoms with Crippen LogP contribution in [0.2, 0.25) is 0 Å². The third-order valence-corrected chi connectivity index (χ3v) is 6.45. The van der Waals surface area contributed by atoms with E-state index in [1.807, 2.05) is 0 Å². The van der Waals surface area contributed by atoms with Crippen molar-refractivity contribution in [2.45, 2.75) is 136 Å². The highest BCUT2D eigenvalue weighted by molar-refractivity contribution is 5.73. The summed E-state index contributed by atoms with van der Waals surface area (Å²) in [5.41, 5.74) is 5.16. The summed E-state index contributed by atoms with van der Waals surface area (Å²) in [5.74, 6) is -0.910. The molecule has 232 valence electrons. The average Bonchev–Trinajstić information content (AvgIpc) is 2.92. The zero-order valence-electron chi connectivity index (χ0n) is 25.2. The number of aliphatic hydroxyl groups excluding tert-OH is 1. The minimum Gasteiger partial charge on any atom is -0.480 e. The first-order chi connectivity index (χ1) is 18.7. The Balaban J connectivity index is 0. The molecule has 0 spiro atoms. The van der Waals surface area contributed by atoms with Crippen LogP contribution >= 0.6 is 0 Å². The highest BCUT2D eigenvalue weighted by Crippen LogP contribution is 2.13. The van der Waals surface area contributed by atoms with E-state index in [0.717, 1.165) is 12.8 Å². The van der Waals surface area contributed by atoms with Crippen molar-refractivity contribution in [3.63, 3.8) is 0 Å². The standard InChI is InChI=1S/C24H48N2O5.C5H11NO2/c1-3-4-5-6-7-8-9-10-11-12-13-14-15-16-17-18-19-25-23(28)31-21-22(20-27)26-24(29)30-2;1-3(2)4(6)5(7)8/h22,27H,3-21H2,1-2H3,(H,25,28)(H,26,29);3-4H,6H2,1-2H3,(H,7,8)/t;4-/m.0/s1. The van der Waals surface area contributed by atoms with Gasteiger partial charge in [-0.25, -0.2) is 9.59 Å². The number of aliphatic hydroxyl groups is 1. The number of methoxy groups -OCH3 is 1. The predicted molar refractivity (Wildman–Crippen MR) is 156 cm³/mol. The number of carboxylic acids is 1. The van der Waals surface area contributed by atoms with Gasteiger partial charge in [0.05, 0.1) is 19.8 Å². The first kappa shape index (κ1) is 39.1. The Bertz CT molecular complexity index is 591. The molecule has 0 aliphatic carbocycles. The maximum Gasteiger partial charge on any atom is 0.407 e. The van der Waals surface area contributed by atoms with Crippen molar-refractivity contribution in [2.75, 3.05) is 26.9 Å². The number of rotatable bonds is 23. The van der Waals surface area contributed by atoms with E-state index >= 15 is 0 Å². The number of nitrogens with two attached hydrogens (primary N) is 1. The number of amides is 2. The molecule has 0 radical (unpaired) electrons. The highest BCUT2D eigenvalue weighted by Gasteiger charge is 2.15. The molecule has 1 unspecified atom stereocenters. The zero-order valence-corrected chi connectivity index (χ0v) is 25.2. The van der Waals surface area contributed by atoms with Gasteiger partial charge in [0.1, 0.15) is 12.6 Å². The van der Waals surface area contributed by atoms with Crippen molar-refractivity contribution < 1.29 is 34.1 Å². The van der Waals surface area contributed by atoms with E-state index in [0.29, 0.717) is 6.54 Å². The van der Waals surface area contributed by atoms with Crippen LogP contribution < -0.4 is 16.4 Å². The molecule has 0 aliphatic heterocycles. The summed E-state index contributed by atoms with van der Waals surface area (Å²) in [6.07, 6.45) is 19.9. The van der Waals surface area contributed by atoms with Crippen molar-refractivity contribution in [3.8, 4) is 0 Å². The highest BCUT2D eigenvalue weighted by atomic mass is 16.6. The largest absolute Gasteiger partial charge is 0.480 e. The van der Waals surface area contributed by atoms with Crippen LogP contribution in [-0.4, -0.2) is 67.3 Å². The Labute approximate surface area is 237 Å². The van der Waals surface area contributed by atoms with Crippen LogP contribution in [0.4, 0.5) is 9.59 Å². The van der Waals surface area contributed by atoms with E-state index in [9.17, 15) is 14.4 Å². The van der Waals surface area contributed by atoms with Gasteiger partial charge in [-0.1, -0.05) is 117 Å². The number of hydrogen-bond donors (Lipinski definition) is 5. The van der Waals surface area contributed by atoms with Gasteiger partial charge in [0.15, 0.2) is 0 Å². The lowest BCUT2D eigenvalue weighted by Gasteiger charge is -2.15. The second kappa shape index (κ2) is 28.9.